The van der Waals surface area contributed by atoms with Gasteiger partial charge < -0.3 is 5.32 Å². The highest BCUT2D eigenvalue weighted by atomic mass is 79.9. The van der Waals surface area contributed by atoms with E-state index in [0.717, 1.165) is 22.4 Å². The Bertz CT molecular complexity index is 604. The van der Waals surface area contributed by atoms with Crippen molar-refractivity contribution in [3.8, 4) is 0 Å². The lowest BCUT2D eigenvalue weighted by atomic mass is 10.3. The van der Waals surface area contributed by atoms with E-state index in [1.54, 1.807) is 17.1 Å². The average molecular weight is 340 g/mol. The van der Waals surface area contributed by atoms with E-state index in [1.807, 2.05) is 31.5 Å². The molecule has 0 bridgehead atoms. The van der Waals surface area contributed by atoms with Crippen molar-refractivity contribution < 1.29 is 4.79 Å². The minimum atomic E-state index is -0.332. The Morgan fingerprint density at radius 3 is 2.85 bits per heavy atom. The van der Waals surface area contributed by atoms with E-state index < -0.39 is 0 Å². The molecule has 0 saturated carbocycles. The van der Waals surface area contributed by atoms with Crippen molar-refractivity contribution in [2.45, 2.75) is 39.9 Å². The molecule has 108 valence electrons. The molecule has 2 aromatic heterocycles. The number of aromatic nitrogens is 4. The lowest BCUT2D eigenvalue weighted by molar-refractivity contribution is -0.124. The Labute approximate surface area is 126 Å². The fourth-order valence-corrected chi connectivity index (χ4v) is 2.49. The highest BCUT2D eigenvalue weighted by Gasteiger charge is 2.17. The fourth-order valence-electron chi connectivity index (χ4n) is 2.05. The van der Waals surface area contributed by atoms with Gasteiger partial charge in [-0.3, -0.25) is 14.2 Å². The topological polar surface area (TPSA) is 64.7 Å². The molecule has 0 aliphatic carbocycles. The van der Waals surface area contributed by atoms with Crippen molar-refractivity contribution in [3.05, 3.63) is 34.3 Å². The zero-order valence-electron chi connectivity index (χ0n) is 11.8. The van der Waals surface area contributed by atoms with Gasteiger partial charge in [-0.15, -0.1) is 0 Å². The molecule has 1 atom stereocenters. The molecule has 0 saturated heterocycles. The summed E-state index contributed by atoms with van der Waals surface area (Å²) in [6.45, 7) is 6.99. The molecule has 2 rings (SSSR count). The quantitative estimate of drug-likeness (QED) is 0.906. The smallest absolute Gasteiger partial charge is 0.244 e. The maximum absolute atomic E-state index is 12.2. The van der Waals surface area contributed by atoms with Crippen molar-refractivity contribution in [3.63, 3.8) is 0 Å². The van der Waals surface area contributed by atoms with E-state index in [9.17, 15) is 4.79 Å². The number of aryl methyl sites for hydroxylation is 2. The van der Waals surface area contributed by atoms with Crippen LogP contribution in [0, 0.1) is 6.92 Å². The van der Waals surface area contributed by atoms with Crippen molar-refractivity contribution in [1.29, 1.82) is 0 Å². The number of nitrogens with zero attached hydrogens (tertiary/aromatic N) is 4. The second-order valence-electron chi connectivity index (χ2n) is 4.57. The van der Waals surface area contributed by atoms with Crippen LogP contribution in [0.5, 0.6) is 0 Å². The molecule has 1 amide bonds. The molecule has 0 aliphatic heterocycles. The number of halogens is 1. The van der Waals surface area contributed by atoms with Crippen molar-refractivity contribution >= 4 is 21.8 Å². The number of carbonyl (C=O) groups excluding carboxylic acids is 1. The van der Waals surface area contributed by atoms with E-state index >= 15 is 0 Å². The van der Waals surface area contributed by atoms with Gasteiger partial charge in [0.1, 0.15) is 6.04 Å². The third-order valence-electron chi connectivity index (χ3n) is 3.24. The third kappa shape index (κ3) is 2.92. The van der Waals surface area contributed by atoms with Crippen LogP contribution in [0.2, 0.25) is 0 Å². The minimum absolute atomic E-state index is 0.0625. The molecule has 0 radical (unpaired) electrons. The van der Waals surface area contributed by atoms with Crippen molar-refractivity contribution in [1.82, 2.24) is 24.9 Å². The molecular formula is C13H18BrN5O. The van der Waals surface area contributed by atoms with Crippen LogP contribution in [0.15, 0.2) is 22.9 Å². The summed E-state index contributed by atoms with van der Waals surface area (Å²) in [5.74, 6) is -0.0625. The van der Waals surface area contributed by atoms with E-state index in [0.29, 0.717) is 6.54 Å². The first-order valence-corrected chi connectivity index (χ1v) is 7.32. The predicted octanol–water partition coefficient (Wildman–Crippen LogP) is 2.05. The average Bonchev–Trinajstić information content (AvgIpc) is 3.01. The van der Waals surface area contributed by atoms with E-state index in [4.69, 9.17) is 0 Å². The van der Waals surface area contributed by atoms with Gasteiger partial charge in [-0.05, 0) is 42.8 Å². The van der Waals surface area contributed by atoms with Gasteiger partial charge in [0.05, 0.1) is 22.9 Å². The lowest BCUT2D eigenvalue weighted by Gasteiger charge is -2.15. The maximum atomic E-state index is 12.2. The van der Waals surface area contributed by atoms with Gasteiger partial charge in [-0.25, -0.2) is 0 Å². The monoisotopic (exact) mass is 339 g/mol. The number of carbonyl (C=O) groups is 1. The van der Waals surface area contributed by atoms with Crippen LogP contribution in [-0.4, -0.2) is 25.5 Å². The second-order valence-corrected chi connectivity index (χ2v) is 5.42. The molecule has 7 heteroatoms. The van der Waals surface area contributed by atoms with Crippen molar-refractivity contribution in [2.24, 2.45) is 0 Å². The Morgan fingerprint density at radius 1 is 1.50 bits per heavy atom. The van der Waals surface area contributed by atoms with Crippen molar-refractivity contribution in [2.75, 3.05) is 0 Å². The highest BCUT2D eigenvalue weighted by Crippen LogP contribution is 2.16. The molecule has 1 N–H and O–H groups in total. The molecule has 6 nitrogen and oxygen atoms in total. The predicted molar refractivity (Wildman–Crippen MR) is 79.1 cm³/mol. The Morgan fingerprint density at radius 2 is 2.25 bits per heavy atom. The first-order chi connectivity index (χ1) is 9.54. The van der Waals surface area contributed by atoms with Crippen LogP contribution >= 0.6 is 15.9 Å². The Hall–Kier alpha value is -1.63. The largest absolute Gasteiger partial charge is 0.349 e. The van der Waals surface area contributed by atoms with Crippen LogP contribution in [0.1, 0.15) is 31.3 Å². The first-order valence-electron chi connectivity index (χ1n) is 6.52. The summed E-state index contributed by atoms with van der Waals surface area (Å²) in [7, 11) is 0. The third-order valence-corrected chi connectivity index (χ3v) is 3.90. The SMILES string of the molecule is CCn1ncc(Br)c1CNC(=O)C(C)n1nccc1C. The van der Waals surface area contributed by atoms with Gasteiger partial charge in [0.15, 0.2) is 0 Å². The van der Waals surface area contributed by atoms with Gasteiger partial charge in [-0.2, -0.15) is 10.2 Å². The highest BCUT2D eigenvalue weighted by molar-refractivity contribution is 9.10. The summed E-state index contributed by atoms with van der Waals surface area (Å²) in [5.41, 5.74) is 1.93. The molecule has 2 heterocycles. The zero-order chi connectivity index (χ0) is 14.7. The molecule has 2 aromatic rings. The summed E-state index contributed by atoms with van der Waals surface area (Å²) in [6, 6.07) is 1.55. The summed E-state index contributed by atoms with van der Waals surface area (Å²) in [6.07, 6.45) is 3.44. The van der Waals surface area contributed by atoms with E-state index in [1.165, 1.54) is 0 Å². The number of hydrogen-bond donors (Lipinski definition) is 1. The summed E-state index contributed by atoms with van der Waals surface area (Å²) in [5, 5.41) is 11.3. The van der Waals surface area contributed by atoms with E-state index in [2.05, 4.69) is 31.4 Å². The van der Waals surface area contributed by atoms with Crippen LogP contribution in [0.3, 0.4) is 0 Å². The van der Waals surface area contributed by atoms with Crippen LogP contribution in [-0.2, 0) is 17.9 Å². The summed E-state index contributed by atoms with van der Waals surface area (Å²) >= 11 is 3.44. The first kappa shape index (κ1) is 14.8. The fraction of sp³-hybridized carbons (Fsp3) is 0.462. The number of nitrogens with one attached hydrogen (secondary N) is 1. The Kier molecular flexibility index (Phi) is 4.59. The van der Waals surface area contributed by atoms with Crippen LogP contribution in [0.4, 0.5) is 0 Å². The number of hydrogen-bond acceptors (Lipinski definition) is 3. The molecule has 0 aliphatic rings. The normalized spacial score (nSPS) is 12.4. The molecule has 0 fully saturated rings. The number of rotatable bonds is 5. The molecule has 0 aromatic carbocycles. The van der Waals surface area contributed by atoms with Gasteiger partial charge in [0, 0.05) is 18.4 Å². The van der Waals surface area contributed by atoms with E-state index in [-0.39, 0.29) is 11.9 Å². The summed E-state index contributed by atoms with van der Waals surface area (Å²) < 4.78 is 4.47. The Balaban J connectivity index is 2.02. The van der Waals surface area contributed by atoms with Gasteiger partial charge in [0.25, 0.3) is 0 Å². The standard InChI is InChI=1S/C13H18BrN5O/c1-4-18-12(11(14)7-17-18)8-15-13(20)10(3)19-9(2)5-6-16-19/h5-7,10H,4,8H2,1-3H3,(H,15,20). The molecule has 0 spiro atoms. The second kappa shape index (κ2) is 6.21. The van der Waals surface area contributed by atoms with Gasteiger partial charge >= 0.3 is 0 Å². The van der Waals surface area contributed by atoms with Crippen LogP contribution in [0.25, 0.3) is 0 Å². The lowest BCUT2D eigenvalue weighted by Crippen LogP contribution is -2.32. The minimum Gasteiger partial charge on any atom is -0.349 e. The van der Waals surface area contributed by atoms with Crippen LogP contribution < -0.4 is 5.32 Å². The maximum Gasteiger partial charge on any atom is 0.244 e. The van der Waals surface area contributed by atoms with Gasteiger partial charge in [0.2, 0.25) is 5.91 Å². The zero-order valence-corrected chi connectivity index (χ0v) is 13.4. The molecule has 1 unspecified atom stereocenters. The summed E-state index contributed by atoms with van der Waals surface area (Å²) in [4.78, 5) is 12.2. The molecule has 20 heavy (non-hydrogen) atoms. The molecular weight excluding hydrogens is 322 g/mol. The number of amides is 1. The van der Waals surface area contributed by atoms with Gasteiger partial charge in [-0.1, -0.05) is 0 Å².